The van der Waals surface area contributed by atoms with Crippen LogP contribution in [0.5, 0.6) is 0 Å². The first-order valence-electron chi connectivity index (χ1n) is 6.94. The van der Waals surface area contributed by atoms with E-state index in [1.807, 2.05) is 6.07 Å². The van der Waals surface area contributed by atoms with Crippen LogP contribution in [0.2, 0.25) is 0 Å². The Morgan fingerprint density at radius 1 is 1.47 bits per heavy atom. The van der Waals surface area contributed by atoms with Crippen LogP contribution < -0.4 is 5.73 Å². The lowest BCUT2D eigenvalue weighted by Gasteiger charge is -2.32. The van der Waals surface area contributed by atoms with Crippen molar-refractivity contribution in [2.45, 2.75) is 32.7 Å². The molecule has 0 saturated carbocycles. The van der Waals surface area contributed by atoms with E-state index in [1.165, 1.54) is 25.3 Å². The number of halogens is 1. The zero-order valence-corrected chi connectivity index (χ0v) is 11.5. The van der Waals surface area contributed by atoms with E-state index < -0.39 is 0 Å². The number of nitrogens with zero attached hydrogens (tertiary/aromatic N) is 1. The van der Waals surface area contributed by atoms with Crippen molar-refractivity contribution in [2.75, 3.05) is 13.1 Å². The second kappa shape index (κ2) is 6.15. The van der Waals surface area contributed by atoms with Crippen LogP contribution in [-0.4, -0.2) is 23.8 Å². The SMILES string of the molecule is CCC1CCCN(Cc2cc(F)cc(C(=N)N)c2)C1. The van der Waals surface area contributed by atoms with Crippen molar-refractivity contribution in [3.05, 3.63) is 35.1 Å². The predicted molar refractivity (Wildman–Crippen MR) is 75.7 cm³/mol. The molecular formula is C15H22FN3. The Bertz CT molecular complexity index is 459. The van der Waals surface area contributed by atoms with E-state index in [0.29, 0.717) is 5.56 Å². The number of benzene rings is 1. The monoisotopic (exact) mass is 263 g/mol. The van der Waals surface area contributed by atoms with Gasteiger partial charge in [0.25, 0.3) is 0 Å². The highest BCUT2D eigenvalue weighted by atomic mass is 19.1. The van der Waals surface area contributed by atoms with Crippen LogP contribution >= 0.6 is 0 Å². The topological polar surface area (TPSA) is 53.1 Å². The fraction of sp³-hybridized carbons (Fsp3) is 0.533. The highest BCUT2D eigenvalue weighted by Gasteiger charge is 2.18. The molecule has 0 amide bonds. The summed E-state index contributed by atoms with van der Waals surface area (Å²) in [5.74, 6) is 0.368. The van der Waals surface area contributed by atoms with Gasteiger partial charge >= 0.3 is 0 Å². The molecule has 1 aliphatic heterocycles. The maximum Gasteiger partial charge on any atom is 0.124 e. The van der Waals surface area contributed by atoms with E-state index in [4.69, 9.17) is 11.1 Å². The Hall–Kier alpha value is -1.42. The van der Waals surface area contributed by atoms with Gasteiger partial charge in [-0.1, -0.05) is 13.3 Å². The van der Waals surface area contributed by atoms with Gasteiger partial charge in [-0.25, -0.2) is 4.39 Å². The van der Waals surface area contributed by atoms with Gasteiger partial charge in [0, 0.05) is 18.7 Å². The molecule has 1 fully saturated rings. The molecule has 0 aliphatic carbocycles. The van der Waals surface area contributed by atoms with Gasteiger partial charge < -0.3 is 5.73 Å². The number of nitrogens with two attached hydrogens (primary N) is 1. The van der Waals surface area contributed by atoms with Crippen molar-refractivity contribution < 1.29 is 4.39 Å². The fourth-order valence-corrected chi connectivity index (χ4v) is 2.78. The molecule has 1 unspecified atom stereocenters. The van der Waals surface area contributed by atoms with Crippen LogP contribution in [0.25, 0.3) is 0 Å². The molecule has 19 heavy (non-hydrogen) atoms. The highest BCUT2D eigenvalue weighted by molar-refractivity contribution is 5.95. The Morgan fingerprint density at radius 2 is 2.26 bits per heavy atom. The van der Waals surface area contributed by atoms with Gasteiger partial charge in [0.2, 0.25) is 0 Å². The summed E-state index contributed by atoms with van der Waals surface area (Å²) in [4.78, 5) is 2.37. The normalized spacial score (nSPS) is 20.4. The molecule has 0 spiro atoms. The summed E-state index contributed by atoms with van der Waals surface area (Å²) in [5, 5.41) is 7.41. The molecular weight excluding hydrogens is 241 g/mol. The number of rotatable bonds is 4. The van der Waals surface area contributed by atoms with Gasteiger partial charge in [0.1, 0.15) is 11.7 Å². The van der Waals surface area contributed by atoms with Crippen molar-refractivity contribution in [3.63, 3.8) is 0 Å². The Morgan fingerprint density at radius 3 is 2.95 bits per heavy atom. The number of hydrogen-bond acceptors (Lipinski definition) is 2. The third kappa shape index (κ3) is 3.77. The number of hydrogen-bond donors (Lipinski definition) is 2. The van der Waals surface area contributed by atoms with E-state index in [2.05, 4.69) is 11.8 Å². The summed E-state index contributed by atoms with van der Waals surface area (Å²) < 4.78 is 13.5. The minimum absolute atomic E-state index is 0.0779. The smallest absolute Gasteiger partial charge is 0.124 e. The van der Waals surface area contributed by atoms with Crippen LogP contribution in [0.4, 0.5) is 4.39 Å². The lowest BCUT2D eigenvalue weighted by molar-refractivity contribution is 0.164. The van der Waals surface area contributed by atoms with Crippen molar-refractivity contribution in [2.24, 2.45) is 11.7 Å². The van der Waals surface area contributed by atoms with Crippen LogP contribution in [0.1, 0.15) is 37.3 Å². The highest BCUT2D eigenvalue weighted by Crippen LogP contribution is 2.21. The van der Waals surface area contributed by atoms with Crippen LogP contribution in [0.3, 0.4) is 0 Å². The molecule has 1 saturated heterocycles. The van der Waals surface area contributed by atoms with Gasteiger partial charge in [0.05, 0.1) is 0 Å². The lowest BCUT2D eigenvalue weighted by Crippen LogP contribution is -2.34. The molecule has 2 rings (SSSR count). The molecule has 0 aromatic heterocycles. The third-order valence-corrected chi connectivity index (χ3v) is 3.86. The minimum Gasteiger partial charge on any atom is -0.384 e. The molecule has 104 valence electrons. The number of amidine groups is 1. The van der Waals surface area contributed by atoms with Gasteiger partial charge in [-0.3, -0.25) is 10.3 Å². The molecule has 1 aromatic carbocycles. The average Bonchev–Trinajstić information content (AvgIpc) is 2.38. The molecule has 3 N–H and O–H groups in total. The maximum atomic E-state index is 13.5. The summed E-state index contributed by atoms with van der Waals surface area (Å²) in [7, 11) is 0. The molecule has 1 atom stereocenters. The average molecular weight is 263 g/mol. The van der Waals surface area contributed by atoms with Crippen LogP contribution in [-0.2, 0) is 6.54 Å². The molecule has 1 aliphatic rings. The number of nitrogens with one attached hydrogen (secondary N) is 1. The first kappa shape index (κ1) is 14.0. The minimum atomic E-state index is -0.313. The van der Waals surface area contributed by atoms with Gasteiger partial charge in [-0.15, -0.1) is 0 Å². The van der Waals surface area contributed by atoms with Crippen molar-refractivity contribution >= 4 is 5.84 Å². The van der Waals surface area contributed by atoms with E-state index in [-0.39, 0.29) is 11.7 Å². The Labute approximate surface area is 114 Å². The summed E-state index contributed by atoms with van der Waals surface area (Å²) >= 11 is 0. The standard InChI is InChI=1S/C15H22FN3/c1-2-11-4-3-5-19(9-11)10-12-6-13(15(17)18)8-14(16)7-12/h6-8,11H,2-5,9-10H2,1H3,(H3,17,18). The third-order valence-electron chi connectivity index (χ3n) is 3.86. The Balaban J connectivity index is 2.08. The molecule has 4 heteroatoms. The molecule has 3 nitrogen and oxygen atoms in total. The second-order valence-corrected chi connectivity index (χ2v) is 5.41. The maximum absolute atomic E-state index is 13.5. The molecule has 1 heterocycles. The second-order valence-electron chi connectivity index (χ2n) is 5.41. The van der Waals surface area contributed by atoms with Gasteiger partial charge in [0.15, 0.2) is 0 Å². The van der Waals surface area contributed by atoms with Gasteiger partial charge in [-0.05, 0) is 49.1 Å². The summed E-state index contributed by atoms with van der Waals surface area (Å²) in [6, 6.07) is 4.68. The molecule has 0 radical (unpaired) electrons. The van der Waals surface area contributed by atoms with E-state index >= 15 is 0 Å². The van der Waals surface area contributed by atoms with E-state index in [1.54, 1.807) is 6.07 Å². The summed E-state index contributed by atoms with van der Waals surface area (Å²) in [5.41, 5.74) is 6.81. The quantitative estimate of drug-likeness (QED) is 0.648. The van der Waals surface area contributed by atoms with Crippen LogP contribution in [0.15, 0.2) is 18.2 Å². The zero-order chi connectivity index (χ0) is 13.8. The van der Waals surface area contributed by atoms with Crippen molar-refractivity contribution in [3.8, 4) is 0 Å². The Kier molecular flexibility index (Phi) is 4.53. The number of nitrogen functional groups attached to an aromatic ring is 1. The first-order valence-corrected chi connectivity index (χ1v) is 6.94. The van der Waals surface area contributed by atoms with Crippen molar-refractivity contribution in [1.82, 2.24) is 4.90 Å². The summed E-state index contributed by atoms with van der Waals surface area (Å²) in [6.07, 6.45) is 3.72. The van der Waals surface area contributed by atoms with Gasteiger partial charge in [-0.2, -0.15) is 0 Å². The van der Waals surface area contributed by atoms with Crippen molar-refractivity contribution in [1.29, 1.82) is 5.41 Å². The fourth-order valence-electron chi connectivity index (χ4n) is 2.78. The molecule has 1 aromatic rings. The van der Waals surface area contributed by atoms with E-state index in [9.17, 15) is 4.39 Å². The number of piperidine rings is 1. The lowest BCUT2D eigenvalue weighted by atomic mass is 9.95. The van der Waals surface area contributed by atoms with Crippen LogP contribution in [0, 0.1) is 17.1 Å². The summed E-state index contributed by atoms with van der Waals surface area (Å²) in [6.45, 7) is 5.13. The predicted octanol–water partition coefficient (Wildman–Crippen LogP) is 2.73. The van der Waals surface area contributed by atoms with E-state index in [0.717, 1.165) is 31.1 Å². The first-order chi connectivity index (χ1) is 9.08. The zero-order valence-electron chi connectivity index (χ0n) is 11.5. The number of likely N-dealkylation sites (tertiary alicyclic amines) is 1. The largest absolute Gasteiger partial charge is 0.384 e. The molecule has 0 bridgehead atoms.